The summed E-state index contributed by atoms with van der Waals surface area (Å²) in [5, 5.41) is 0. The topological polar surface area (TPSA) is 21.8 Å². The zero-order chi connectivity index (χ0) is 7.40. The van der Waals surface area contributed by atoms with Crippen LogP contribution in [-0.2, 0) is 9.47 Å². The molecule has 10 heavy (non-hydrogen) atoms. The van der Waals surface area contributed by atoms with E-state index in [1.54, 1.807) is 0 Å². The average Bonchev–Trinajstić information content (AvgIpc) is 2.71. The number of rotatable bonds is 5. The molecule has 0 saturated carbocycles. The van der Waals surface area contributed by atoms with Gasteiger partial charge in [0, 0.05) is 0 Å². The number of epoxide rings is 1. The smallest absolute Gasteiger partial charge is 0.104 e. The van der Waals surface area contributed by atoms with Crippen LogP contribution in [0.25, 0.3) is 0 Å². The molecule has 1 heterocycles. The molecule has 0 aromatic heterocycles. The van der Waals surface area contributed by atoms with Crippen LogP contribution in [0.15, 0.2) is 12.7 Å². The van der Waals surface area contributed by atoms with Gasteiger partial charge in [0.25, 0.3) is 0 Å². The van der Waals surface area contributed by atoms with E-state index in [2.05, 4.69) is 13.5 Å². The van der Waals surface area contributed by atoms with Crippen molar-refractivity contribution in [2.24, 2.45) is 5.92 Å². The molecule has 0 spiro atoms. The third kappa shape index (κ3) is 2.99. The summed E-state index contributed by atoms with van der Waals surface area (Å²) >= 11 is 0. The molecule has 2 heteroatoms. The van der Waals surface area contributed by atoms with Crippen molar-refractivity contribution in [1.29, 1.82) is 0 Å². The van der Waals surface area contributed by atoms with Crippen molar-refractivity contribution in [3.63, 3.8) is 0 Å². The highest BCUT2D eigenvalue weighted by Crippen LogP contribution is 2.09. The van der Waals surface area contributed by atoms with E-state index in [9.17, 15) is 0 Å². The van der Waals surface area contributed by atoms with Crippen LogP contribution in [0, 0.1) is 5.92 Å². The first-order chi connectivity index (χ1) is 4.83. The van der Waals surface area contributed by atoms with Crippen LogP contribution in [0.3, 0.4) is 0 Å². The van der Waals surface area contributed by atoms with Crippen molar-refractivity contribution < 1.29 is 9.47 Å². The van der Waals surface area contributed by atoms with E-state index < -0.39 is 0 Å². The first-order valence-corrected chi connectivity index (χ1v) is 3.65. The van der Waals surface area contributed by atoms with E-state index in [1.807, 2.05) is 6.08 Å². The standard InChI is InChI=1S/C8H14O2/c1-3-7(2)4-9-5-8-6-10-8/h3,7-8H,1,4-6H2,2H3. The van der Waals surface area contributed by atoms with E-state index in [-0.39, 0.29) is 0 Å². The van der Waals surface area contributed by atoms with Crippen LogP contribution in [-0.4, -0.2) is 25.9 Å². The van der Waals surface area contributed by atoms with Crippen LogP contribution < -0.4 is 0 Å². The summed E-state index contributed by atoms with van der Waals surface area (Å²) in [5.41, 5.74) is 0. The first-order valence-electron chi connectivity index (χ1n) is 3.65. The Hall–Kier alpha value is -0.340. The lowest BCUT2D eigenvalue weighted by Crippen LogP contribution is -2.07. The minimum Gasteiger partial charge on any atom is -0.378 e. The Bertz CT molecular complexity index is 108. The number of hydrogen-bond acceptors (Lipinski definition) is 2. The van der Waals surface area contributed by atoms with Crippen LogP contribution in [0.2, 0.25) is 0 Å². The average molecular weight is 142 g/mol. The van der Waals surface area contributed by atoms with E-state index in [1.165, 1.54) is 0 Å². The Labute approximate surface area is 61.8 Å². The SMILES string of the molecule is C=CC(C)COCC1CO1. The van der Waals surface area contributed by atoms with Crippen molar-refractivity contribution >= 4 is 0 Å². The van der Waals surface area contributed by atoms with Gasteiger partial charge >= 0.3 is 0 Å². The second-order valence-electron chi connectivity index (χ2n) is 2.71. The maximum atomic E-state index is 5.31. The molecule has 0 bridgehead atoms. The summed E-state index contributed by atoms with van der Waals surface area (Å²) in [5.74, 6) is 0.457. The van der Waals surface area contributed by atoms with Gasteiger partial charge in [-0.05, 0) is 5.92 Å². The molecule has 2 unspecified atom stereocenters. The molecule has 1 saturated heterocycles. The minimum absolute atomic E-state index is 0.386. The molecular formula is C8H14O2. The van der Waals surface area contributed by atoms with Gasteiger partial charge in [0.05, 0.1) is 19.8 Å². The molecule has 58 valence electrons. The van der Waals surface area contributed by atoms with Gasteiger partial charge in [0.2, 0.25) is 0 Å². The van der Waals surface area contributed by atoms with Gasteiger partial charge in [-0.25, -0.2) is 0 Å². The molecule has 0 aromatic carbocycles. The van der Waals surface area contributed by atoms with Crippen LogP contribution >= 0.6 is 0 Å². The second kappa shape index (κ2) is 3.74. The third-order valence-electron chi connectivity index (χ3n) is 1.49. The summed E-state index contributed by atoms with van der Waals surface area (Å²) in [6, 6.07) is 0. The van der Waals surface area contributed by atoms with Gasteiger partial charge in [-0.2, -0.15) is 0 Å². The van der Waals surface area contributed by atoms with Gasteiger partial charge in [-0.15, -0.1) is 6.58 Å². The molecular weight excluding hydrogens is 128 g/mol. The Morgan fingerprint density at radius 3 is 3.10 bits per heavy atom. The van der Waals surface area contributed by atoms with Crippen molar-refractivity contribution in [2.75, 3.05) is 19.8 Å². The van der Waals surface area contributed by atoms with Gasteiger partial charge in [-0.3, -0.25) is 0 Å². The molecule has 1 aliphatic rings. The lowest BCUT2D eigenvalue weighted by Gasteiger charge is -2.04. The molecule has 0 radical (unpaired) electrons. The fourth-order valence-corrected chi connectivity index (χ4v) is 0.618. The molecule has 1 rings (SSSR count). The maximum absolute atomic E-state index is 5.31. The van der Waals surface area contributed by atoms with Crippen LogP contribution in [0.4, 0.5) is 0 Å². The maximum Gasteiger partial charge on any atom is 0.104 e. The van der Waals surface area contributed by atoms with Gasteiger partial charge in [-0.1, -0.05) is 13.0 Å². The highest BCUT2D eigenvalue weighted by Gasteiger charge is 2.22. The Morgan fingerprint density at radius 1 is 1.90 bits per heavy atom. The van der Waals surface area contributed by atoms with Gasteiger partial charge in [0.1, 0.15) is 6.10 Å². The largest absolute Gasteiger partial charge is 0.378 e. The van der Waals surface area contributed by atoms with E-state index in [0.717, 1.165) is 19.8 Å². The monoisotopic (exact) mass is 142 g/mol. The first kappa shape index (κ1) is 7.76. The zero-order valence-electron chi connectivity index (χ0n) is 6.38. The molecule has 0 aliphatic carbocycles. The normalized spacial score (nSPS) is 25.9. The van der Waals surface area contributed by atoms with Gasteiger partial charge < -0.3 is 9.47 Å². The highest BCUT2D eigenvalue weighted by atomic mass is 16.6. The van der Waals surface area contributed by atoms with Crippen LogP contribution in [0.1, 0.15) is 6.92 Å². The van der Waals surface area contributed by atoms with Crippen molar-refractivity contribution in [3.05, 3.63) is 12.7 Å². The Morgan fingerprint density at radius 2 is 2.60 bits per heavy atom. The number of hydrogen-bond donors (Lipinski definition) is 0. The predicted molar refractivity (Wildman–Crippen MR) is 39.9 cm³/mol. The second-order valence-corrected chi connectivity index (χ2v) is 2.71. The molecule has 2 nitrogen and oxygen atoms in total. The lowest BCUT2D eigenvalue weighted by atomic mass is 10.2. The Balaban J connectivity index is 1.88. The summed E-state index contributed by atoms with van der Waals surface area (Å²) < 4.78 is 10.3. The Kier molecular flexibility index (Phi) is 2.90. The number of ether oxygens (including phenoxy) is 2. The molecule has 2 atom stereocenters. The fourth-order valence-electron chi connectivity index (χ4n) is 0.618. The molecule has 0 N–H and O–H groups in total. The molecule has 0 aromatic rings. The summed E-state index contributed by atoms with van der Waals surface area (Å²) in [7, 11) is 0. The van der Waals surface area contributed by atoms with E-state index >= 15 is 0 Å². The van der Waals surface area contributed by atoms with Crippen molar-refractivity contribution in [3.8, 4) is 0 Å². The van der Waals surface area contributed by atoms with Crippen molar-refractivity contribution in [2.45, 2.75) is 13.0 Å². The van der Waals surface area contributed by atoms with Crippen LogP contribution in [0.5, 0.6) is 0 Å². The zero-order valence-corrected chi connectivity index (χ0v) is 6.38. The summed E-state index contributed by atoms with van der Waals surface area (Å²) in [6.07, 6.45) is 2.28. The summed E-state index contributed by atoms with van der Waals surface area (Å²) in [6.45, 7) is 8.14. The highest BCUT2D eigenvalue weighted by molar-refractivity contribution is 4.75. The lowest BCUT2D eigenvalue weighted by molar-refractivity contribution is 0.101. The molecule has 1 fully saturated rings. The minimum atomic E-state index is 0.386. The summed E-state index contributed by atoms with van der Waals surface area (Å²) in [4.78, 5) is 0. The third-order valence-corrected chi connectivity index (χ3v) is 1.49. The molecule has 0 amide bonds. The van der Waals surface area contributed by atoms with E-state index in [0.29, 0.717) is 12.0 Å². The fraction of sp³-hybridized carbons (Fsp3) is 0.750. The van der Waals surface area contributed by atoms with Gasteiger partial charge in [0.15, 0.2) is 0 Å². The van der Waals surface area contributed by atoms with Crippen molar-refractivity contribution in [1.82, 2.24) is 0 Å². The predicted octanol–water partition coefficient (Wildman–Crippen LogP) is 1.22. The molecule has 1 aliphatic heterocycles. The quantitative estimate of drug-likeness (QED) is 0.425. The van der Waals surface area contributed by atoms with E-state index in [4.69, 9.17) is 9.47 Å².